The van der Waals surface area contributed by atoms with Gasteiger partial charge in [0.15, 0.2) is 0 Å². The number of thiophene rings is 1. The molecule has 0 unspecified atom stereocenters. The highest BCUT2D eigenvalue weighted by Crippen LogP contribution is 2.09. The predicted octanol–water partition coefficient (Wildman–Crippen LogP) is 3.00. The third kappa shape index (κ3) is 7.12. The Bertz CT molecular complexity index is 499. The van der Waals surface area contributed by atoms with E-state index in [2.05, 4.69) is 49.8 Å². The highest BCUT2D eigenvalue weighted by atomic mass is 32.1. The van der Waals surface area contributed by atoms with E-state index in [9.17, 15) is 4.79 Å². The summed E-state index contributed by atoms with van der Waals surface area (Å²) in [6.45, 7) is 9.78. The first-order chi connectivity index (χ1) is 10.0. The van der Waals surface area contributed by atoms with Crippen LogP contribution in [0.25, 0.3) is 6.08 Å². The molecule has 21 heavy (non-hydrogen) atoms. The molecule has 3 nitrogen and oxygen atoms in total. The van der Waals surface area contributed by atoms with Crippen molar-refractivity contribution >= 4 is 23.3 Å². The van der Waals surface area contributed by atoms with Crippen LogP contribution in [0.5, 0.6) is 0 Å². The van der Waals surface area contributed by atoms with Gasteiger partial charge in [-0.1, -0.05) is 17.9 Å². The predicted molar refractivity (Wildman–Crippen MR) is 91.1 cm³/mol. The topological polar surface area (TPSA) is 32.3 Å². The monoisotopic (exact) mass is 304 g/mol. The van der Waals surface area contributed by atoms with Gasteiger partial charge in [-0.3, -0.25) is 9.69 Å². The summed E-state index contributed by atoms with van der Waals surface area (Å²) in [6, 6.07) is 4.88. The summed E-state index contributed by atoms with van der Waals surface area (Å²) in [5.41, 5.74) is 0. The van der Waals surface area contributed by atoms with E-state index in [1.807, 2.05) is 23.6 Å². The molecule has 0 radical (unpaired) electrons. The van der Waals surface area contributed by atoms with E-state index >= 15 is 0 Å². The summed E-state index contributed by atoms with van der Waals surface area (Å²) in [4.78, 5) is 15.0. The fraction of sp³-hybridized carbons (Fsp3) is 0.471. The van der Waals surface area contributed by atoms with Gasteiger partial charge >= 0.3 is 0 Å². The van der Waals surface area contributed by atoms with Crippen molar-refractivity contribution in [2.24, 2.45) is 0 Å². The lowest BCUT2D eigenvalue weighted by Crippen LogP contribution is -2.37. The minimum atomic E-state index is -0.109. The molecule has 0 saturated heterocycles. The first-order valence-corrected chi connectivity index (χ1v) is 8.09. The van der Waals surface area contributed by atoms with Gasteiger partial charge < -0.3 is 5.32 Å². The van der Waals surface area contributed by atoms with Gasteiger partial charge in [-0.05, 0) is 45.2 Å². The smallest absolute Gasteiger partial charge is 0.244 e. The number of carbonyl (C=O) groups excluding carboxylic acids is 1. The molecule has 0 atom stereocenters. The van der Waals surface area contributed by atoms with Gasteiger partial charge in [0.25, 0.3) is 0 Å². The average molecular weight is 304 g/mol. The van der Waals surface area contributed by atoms with Crippen molar-refractivity contribution < 1.29 is 4.79 Å². The summed E-state index contributed by atoms with van der Waals surface area (Å²) in [6.07, 6.45) is 3.36. The van der Waals surface area contributed by atoms with E-state index < -0.39 is 0 Å². The van der Waals surface area contributed by atoms with Crippen LogP contribution in [0.15, 0.2) is 23.6 Å². The molecular formula is C17H24N2OS. The zero-order valence-electron chi connectivity index (χ0n) is 13.2. The normalized spacial score (nSPS) is 11.2. The lowest BCUT2D eigenvalue weighted by atomic mass is 10.2. The van der Waals surface area contributed by atoms with Gasteiger partial charge in [0.05, 0.1) is 13.1 Å². The van der Waals surface area contributed by atoms with Crippen molar-refractivity contribution in [2.45, 2.75) is 39.8 Å². The van der Waals surface area contributed by atoms with Crippen molar-refractivity contribution in [3.8, 4) is 11.8 Å². The number of carbonyl (C=O) groups is 1. The number of amides is 1. The Kier molecular flexibility index (Phi) is 7.81. The van der Waals surface area contributed by atoms with Crippen LogP contribution >= 0.6 is 11.3 Å². The molecule has 0 aromatic carbocycles. The SMILES string of the molecule is CC(C)N(CC#CCNC(=O)C=Cc1cccs1)C(C)C. The quantitative estimate of drug-likeness (QED) is 0.647. The number of rotatable bonds is 6. The first-order valence-electron chi connectivity index (χ1n) is 7.21. The number of hydrogen-bond donors (Lipinski definition) is 1. The molecule has 0 aliphatic carbocycles. The Labute approximate surface area is 132 Å². The average Bonchev–Trinajstić information content (AvgIpc) is 2.92. The lowest BCUT2D eigenvalue weighted by molar-refractivity contribution is -0.116. The third-order valence-corrected chi connectivity index (χ3v) is 3.84. The Morgan fingerprint density at radius 2 is 2.05 bits per heavy atom. The minimum absolute atomic E-state index is 0.109. The summed E-state index contributed by atoms with van der Waals surface area (Å²) in [7, 11) is 0. The summed E-state index contributed by atoms with van der Waals surface area (Å²) < 4.78 is 0. The fourth-order valence-electron chi connectivity index (χ4n) is 1.91. The van der Waals surface area contributed by atoms with Crippen LogP contribution in [0.1, 0.15) is 32.6 Å². The molecule has 1 heterocycles. The summed E-state index contributed by atoms with van der Waals surface area (Å²) in [5.74, 6) is 6.00. The van der Waals surface area contributed by atoms with Crippen LogP contribution in [0.2, 0.25) is 0 Å². The first kappa shape index (κ1) is 17.5. The number of nitrogens with zero attached hydrogens (tertiary/aromatic N) is 1. The van der Waals surface area contributed by atoms with Crippen LogP contribution in [0.4, 0.5) is 0 Å². The standard InChI is InChI=1S/C17H24N2OS/c1-14(2)19(15(3)4)12-6-5-11-18-17(20)10-9-16-8-7-13-21-16/h7-10,13-15H,11-12H2,1-4H3,(H,18,20). The van der Waals surface area contributed by atoms with E-state index in [0.29, 0.717) is 18.6 Å². The van der Waals surface area contributed by atoms with Crippen molar-refractivity contribution in [3.05, 3.63) is 28.5 Å². The molecule has 4 heteroatoms. The molecule has 114 valence electrons. The molecule has 1 N–H and O–H groups in total. The molecule has 1 amide bonds. The van der Waals surface area contributed by atoms with Crippen LogP contribution < -0.4 is 5.32 Å². The van der Waals surface area contributed by atoms with Gasteiger partial charge in [0.2, 0.25) is 5.91 Å². The van der Waals surface area contributed by atoms with Gasteiger partial charge in [-0.15, -0.1) is 11.3 Å². The van der Waals surface area contributed by atoms with Crippen LogP contribution in [0.3, 0.4) is 0 Å². The van der Waals surface area contributed by atoms with Gasteiger partial charge in [0.1, 0.15) is 0 Å². The number of hydrogen-bond acceptors (Lipinski definition) is 3. The maximum Gasteiger partial charge on any atom is 0.244 e. The molecule has 1 aromatic rings. The Hall–Kier alpha value is -1.57. The van der Waals surface area contributed by atoms with Crippen LogP contribution in [0, 0.1) is 11.8 Å². The highest BCUT2D eigenvalue weighted by molar-refractivity contribution is 7.10. The van der Waals surface area contributed by atoms with E-state index in [1.165, 1.54) is 0 Å². The maximum absolute atomic E-state index is 11.6. The highest BCUT2D eigenvalue weighted by Gasteiger charge is 2.10. The minimum Gasteiger partial charge on any atom is -0.342 e. The van der Waals surface area contributed by atoms with Crippen molar-refractivity contribution in [3.63, 3.8) is 0 Å². The molecule has 0 fully saturated rings. The second-order valence-corrected chi connectivity index (χ2v) is 6.26. The molecule has 0 aliphatic heterocycles. The summed E-state index contributed by atoms with van der Waals surface area (Å²) >= 11 is 1.61. The maximum atomic E-state index is 11.6. The Morgan fingerprint density at radius 1 is 1.33 bits per heavy atom. The zero-order valence-corrected chi connectivity index (χ0v) is 14.0. The molecule has 0 bridgehead atoms. The second kappa shape index (κ2) is 9.38. The molecule has 0 aliphatic rings. The van der Waals surface area contributed by atoms with Crippen LogP contribution in [-0.4, -0.2) is 36.0 Å². The largest absolute Gasteiger partial charge is 0.342 e. The molecule has 0 spiro atoms. The van der Waals surface area contributed by atoms with Gasteiger partial charge in [-0.2, -0.15) is 0 Å². The van der Waals surface area contributed by atoms with Crippen molar-refractivity contribution in [2.75, 3.05) is 13.1 Å². The molecule has 1 rings (SSSR count). The van der Waals surface area contributed by atoms with Crippen molar-refractivity contribution in [1.29, 1.82) is 0 Å². The number of nitrogens with one attached hydrogen (secondary N) is 1. The molecule has 0 saturated carbocycles. The van der Waals surface area contributed by atoms with Crippen molar-refractivity contribution in [1.82, 2.24) is 10.2 Å². The summed E-state index contributed by atoms with van der Waals surface area (Å²) in [5, 5.41) is 4.75. The zero-order chi connectivity index (χ0) is 15.7. The lowest BCUT2D eigenvalue weighted by Gasteiger charge is -2.28. The molecule has 1 aromatic heterocycles. The fourth-order valence-corrected chi connectivity index (χ4v) is 2.52. The molecular weight excluding hydrogens is 280 g/mol. The van der Waals surface area contributed by atoms with E-state index in [1.54, 1.807) is 17.4 Å². The van der Waals surface area contributed by atoms with Gasteiger partial charge in [0, 0.05) is 23.0 Å². The second-order valence-electron chi connectivity index (χ2n) is 5.28. The van der Waals surface area contributed by atoms with E-state index in [0.717, 1.165) is 11.4 Å². The Morgan fingerprint density at radius 3 is 2.62 bits per heavy atom. The third-order valence-electron chi connectivity index (χ3n) is 3.01. The van der Waals surface area contributed by atoms with E-state index in [-0.39, 0.29) is 5.91 Å². The Balaban J connectivity index is 2.30. The van der Waals surface area contributed by atoms with E-state index in [4.69, 9.17) is 0 Å². The van der Waals surface area contributed by atoms with Gasteiger partial charge in [-0.25, -0.2) is 0 Å². The van der Waals surface area contributed by atoms with Crippen LogP contribution in [-0.2, 0) is 4.79 Å².